The van der Waals surface area contributed by atoms with E-state index in [0.717, 1.165) is 4.88 Å². The highest BCUT2D eigenvalue weighted by atomic mass is 32.1. The van der Waals surface area contributed by atoms with E-state index in [4.69, 9.17) is 9.15 Å². The number of carbonyl (C=O) groups is 1. The first-order chi connectivity index (χ1) is 11.2. The summed E-state index contributed by atoms with van der Waals surface area (Å²) in [7, 11) is 0. The first-order valence-corrected chi connectivity index (χ1v) is 7.98. The lowest BCUT2D eigenvalue weighted by molar-refractivity contribution is -0.144. The third kappa shape index (κ3) is 3.17. The Morgan fingerprint density at radius 2 is 2.13 bits per heavy atom. The topological polar surface area (TPSA) is 52.3 Å². The van der Waals surface area contributed by atoms with E-state index in [1.807, 2.05) is 17.5 Å². The Bertz CT molecular complexity index is 781. The van der Waals surface area contributed by atoms with E-state index < -0.39 is 11.9 Å². The monoisotopic (exact) mass is 331 g/mol. The van der Waals surface area contributed by atoms with Crippen LogP contribution in [0.3, 0.4) is 0 Å². The van der Waals surface area contributed by atoms with E-state index in [9.17, 15) is 9.18 Å². The molecule has 6 heteroatoms. The molecule has 0 amide bonds. The summed E-state index contributed by atoms with van der Waals surface area (Å²) >= 11 is 1.50. The molecule has 4 nitrogen and oxygen atoms in total. The van der Waals surface area contributed by atoms with Gasteiger partial charge in [-0.05, 0) is 36.1 Å². The molecule has 3 rings (SSSR count). The normalized spacial score (nSPS) is 12.1. The fraction of sp³-hybridized carbons (Fsp3) is 0.176. The van der Waals surface area contributed by atoms with Crippen LogP contribution in [0.5, 0.6) is 0 Å². The van der Waals surface area contributed by atoms with Crippen LogP contribution < -0.4 is 0 Å². The number of halogens is 1. The molecule has 2 heterocycles. The zero-order chi connectivity index (χ0) is 16.2. The van der Waals surface area contributed by atoms with Gasteiger partial charge >= 0.3 is 5.97 Å². The van der Waals surface area contributed by atoms with Crippen molar-refractivity contribution in [3.8, 4) is 10.6 Å². The molecule has 0 aliphatic rings. The number of oxazole rings is 1. The predicted octanol–water partition coefficient (Wildman–Crippen LogP) is 4.24. The second-order valence-electron chi connectivity index (χ2n) is 4.78. The number of aromatic nitrogens is 1. The van der Waals surface area contributed by atoms with E-state index in [-0.39, 0.29) is 12.4 Å². The maximum absolute atomic E-state index is 13.2. The lowest BCUT2D eigenvalue weighted by Gasteiger charge is -2.14. The average Bonchev–Trinajstić information content (AvgIpc) is 3.20. The standard InChI is InChI=1S/C17H14FNO3S/c1-2-21-17(20)14(11-5-7-12(18)8-6-11)16-15(19-10-22-16)13-4-3-9-23-13/h3-10,14H,2H2,1H3. The molecular weight excluding hydrogens is 317 g/mol. The Labute approximate surface area is 136 Å². The number of hydrogen-bond acceptors (Lipinski definition) is 5. The van der Waals surface area contributed by atoms with Gasteiger partial charge in [-0.1, -0.05) is 18.2 Å². The van der Waals surface area contributed by atoms with Gasteiger partial charge in [0.15, 0.2) is 12.2 Å². The van der Waals surface area contributed by atoms with Crippen LogP contribution in [0.2, 0.25) is 0 Å². The van der Waals surface area contributed by atoms with Gasteiger partial charge in [0.1, 0.15) is 17.4 Å². The largest absolute Gasteiger partial charge is 0.465 e. The summed E-state index contributed by atoms with van der Waals surface area (Å²) in [6.07, 6.45) is 1.31. The second-order valence-corrected chi connectivity index (χ2v) is 5.73. The van der Waals surface area contributed by atoms with E-state index in [2.05, 4.69) is 4.98 Å². The highest BCUT2D eigenvalue weighted by molar-refractivity contribution is 7.13. The van der Waals surface area contributed by atoms with Gasteiger partial charge in [0, 0.05) is 0 Å². The van der Waals surface area contributed by atoms with Crippen LogP contribution in [0, 0.1) is 5.82 Å². The molecule has 0 fully saturated rings. The van der Waals surface area contributed by atoms with Gasteiger partial charge in [-0.15, -0.1) is 11.3 Å². The Morgan fingerprint density at radius 3 is 2.78 bits per heavy atom. The minimum atomic E-state index is -0.782. The number of ether oxygens (including phenoxy) is 1. The summed E-state index contributed by atoms with van der Waals surface area (Å²) in [6, 6.07) is 9.52. The molecule has 3 aromatic rings. The summed E-state index contributed by atoms with van der Waals surface area (Å²) in [4.78, 5) is 17.6. The van der Waals surface area contributed by atoms with Crippen LogP contribution >= 0.6 is 11.3 Å². The first kappa shape index (κ1) is 15.4. The number of benzene rings is 1. The summed E-state index contributed by atoms with van der Waals surface area (Å²) in [6.45, 7) is 1.99. The summed E-state index contributed by atoms with van der Waals surface area (Å²) in [5.74, 6) is -1.20. The molecule has 118 valence electrons. The van der Waals surface area contributed by atoms with E-state index >= 15 is 0 Å². The Morgan fingerprint density at radius 1 is 1.35 bits per heavy atom. The molecule has 0 N–H and O–H groups in total. The van der Waals surface area contributed by atoms with Crippen LogP contribution in [0.4, 0.5) is 4.39 Å². The van der Waals surface area contributed by atoms with Crippen LogP contribution in [0.1, 0.15) is 24.2 Å². The number of carbonyl (C=O) groups excluding carboxylic acids is 1. The molecule has 0 aliphatic carbocycles. The van der Waals surface area contributed by atoms with Crippen molar-refractivity contribution in [2.75, 3.05) is 6.61 Å². The number of rotatable bonds is 5. The predicted molar refractivity (Wildman–Crippen MR) is 84.7 cm³/mol. The van der Waals surface area contributed by atoms with Crippen molar-refractivity contribution in [3.63, 3.8) is 0 Å². The average molecular weight is 331 g/mol. The molecule has 0 aliphatic heterocycles. The van der Waals surface area contributed by atoms with Crippen LogP contribution in [0.25, 0.3) is 10.6 Å². The number of hydrogen-bond donors (Lipinski definition) is 0. The highest BCUT2D eigenvalue weighted by Gasteiger charge is 2.31. The van der Waals surface area contributed by atoms with Crippen LogP contribution in [-0.4, -0.2) is 17.6 Å². The molecule has 0 saturated heterocycles. The van der Waals surface area contributed by atoms with Crippen molar-refractivity contribution in [1.29, 1.82) is 0 Å². The molecule has 2 aromatic heterocycles. The second kappa shape index (κ2) is 6.75. The van der Waals surface area contributed by atoms with Gasteiger partial charge in [-0.3, -0.25) is 4.79 Å². The van der Waals surface area contributed by atoms with Gasteiger partial charge in [-0.2, -0.15) is 0 Å². The number of esters is 1. The molecule has 0 spiro atoms. The van der Waals surface area contributed by atoms with Crippen LogP contribution in [-0.2, 0) is 9.53 Å². The minimum Gasteiger partial charge on any atom is -0.465 e. The molecule has 1 aromatic carbocycles. The zero-order valence-electron chi connectivity index (χ0n) is 12.4. The quantitative estimate of drug-likeness (QED) is 0.656. The number of nitrogens with zero attached hydrogens (tertiary/aromatic N) is 1. The van der Waals surface area contributed by atoms with Crippen molar-refractivity contribution >= 4 is 17.3 Å². The summed E-state index contributed by atoms with van der Waals surface area (Å²) in [5, 5.41) is 1.92. The Hall–Kier alpha value is -2.47. The summed E-state index contributed by atoms with van der Waals surface area (Å²) in [5.41, 5.74) is 1.20. The third-order valence-corrected chi connectivity index (χ3v) is 4.21. The van der Waals surface area contributed by atoms with Gasteiger partial charge in [0.2, 0.25) is 0 Å². The lowest BCUT2D eigenvalue weighted by Crippen LogP contribution is -2.17. The van der Waals surface area contributed by atoms with Crippen molar-refractivity contribution in [2.45, 2.75) is 12.8 Å². The maximum Gasteiger partial charge on any atom is 0.321 e. The smallest absolute Gasteiger partial charge is 0.321 e. The molecule has 0 radical (unpaired) electrons. The van der Waals surface area contributed by atoms with Crippen molar-refractivity contribution < 1.29 is 18.3 Å². The summed E-state index contributed by atoms with van der Waals surface area (Å²) < 4.78 is 23.9. The number of thiophene rings is 1. The van der Waals surface area contributed by atoms with Crippen molar-refractivity contribution in [2.24, 2.45) is 0 Å². The van der Waals surface area contributed by atoms with Gasteiger partial charge < -0.3 is 9.15 Å². The molecule has 1 unspecified atom stereocenters. The van der Waals surface area contributed by atoms with Gasteiger partial charge in [0.25, 0.3) is 0 Å². The third-order valence-electron chi connectivity index (χ3n) is 3.34. The SMILES string of the molecule is CCOC(=O)C(c1ccc(F)cc1)c1ocnc1-c1cccs1. The zero-order valence-corrected chi connectivity index (χ0v) is 13.2. The lowest BCUT2D eigenvalue weighted by atomic mass is 9.95. The maximum atomic E-state index is 13.2. The fourth-order valence-electron chi connectivity index (χ4n) is 2.33. The fourth-order valence-corrected chi connectivity index (χ4v) is 3.06. The van der Waals surface area contributed by atoms with Crippen molar-refractivity contribution in [1.82, 2.24) is 4.98 Å². The van der Waals surface area contributed by atoms with Gasteiger partial charge in [-0.25, -0.2) is 9.37 Å². The Kier molecular flexibility index (Phi) is 4.52. The van der Waals surface area contributed by atoms with Gasteiger partial charge in [0.05, 0.1) is 11.5 Å². The molecule has 23 heavy (non-hydrogen) atoms. The molecule has 1 atom stereocenters. The minimum absolute atomic E-state index is 0.249. The molecule has 0 saturated carbocycles. The molecular formula is C17H14FNO3S. The molecule has 0 bridgehead atoms. The van der Waals surface area contributed by atoms with E-state index in [1.54, 1.807) is 19.1 Å². The van der Waals surface area contributed by atoms with Crippen molar-refractivity contribution in [3.05, 3.63) is 65.3 Å². The Balaban J connectivity index is 2.08. The highest BCUT2D eigenvalue weighted by Crippen LogP contribution is 2.35. The van der Waals surface area contributed by atoms with E-state index in [1.165, 1.54) is 29.9 Å². The first-order valence-electron chi connectivity index (χ1n) is 7.10. The van der Waals surface area contributed by atoms with Crippen LogP contribution in [0.15, 0.2) is 52.6 Å². The van der Waals surface area contributed by atoms with E-state index in [0.29, 0.717) is 17.0 Å².